The van der Waals surface area contributed by atoms with Crippen LogP contribution in [0.2, 0.25) is 0 Å². The molecule has 24 heavy (non-hydrogen) atoms. The van der Waals surface area contributed by atoms with Gasteiger partial charge in [-0.3, -0.25) is 14.5 Å². The van der Waals surface area contributed by atoms with E-state index in [0.29, 0.717) is 0 Å². The van der Waals surface area contributed by atoms with Crippen LogP contribution in [0.1, 0.15) is 13.0 Å². The van der Waals surface area contributed by atoms with Crippen LogP contribution < -0.4 is 4.90 Å². The van der Waals surface area contributed by atoms with Gasteiger partial charge in [0.1, 0.15) is 5.52 Å². The van der Waals surface area contributed by atoms with Crippen LogP contribution in [0.4, 0.5) is 5.95 Å². The van der Waals surface area contributed by atoms with Crippen molar-refractivity contribution in [3.05, 3.63) is 48.4 Å². The van der Waals surface area contributed by atoms with Crippen molar-refractivity contribution in [2.24, 2.45) is 7.05 Å². The van der Waals surface area contributed by atoms with Crippen molar-refractivity contribution in [3.63, 3.8) is 0 Å². The van der Waals surface area contributed by atoms with Gasteiger partial charge in [-0.1, -0.05) is 13.5 Å². The molecule has 3 aromatic rings. The van der Waals surface area contributed by atoms with E-state index in [-0.39, 0.29) is 7.43 Å². The van der Waals surface area contributed by atoms with Crippen molar-refractivity contribution in [1.82, 2.24) is 24.4 Å². The average Bonchev–Trinajstić information content (AvgIpc) is 2.94. The lowest BCUT2D eigenvalue weighted by molar-refractivity contribution is 0.248. The molecule has 1 aliphatic rings. The molecule has 3 aromatic heterocycles. The fraction of sp³-hybridized carbons (Fsp3) is 0.389. The Balaban J connectivity index is 0.00000169. The van der Waals surface area contributed by atoms with Gasteiger partial charge in [-0.25, -0.2) is 9.97 Å². The lowest BCUT2D eigenvalue weighted by Crippen LogP contribution is -2.46. The predicted octanol–water partition coefficient (Wildman–Crippen LogP) is 2.32. The Morgan fingerprint density at radius 1 is 1.04 bits per heavy atom. The molecule has 1 aliphatic heterocycles. The number of anilines is 1. The summed E-state index contributed by atoms with van der Waals surface area (Å²) in [6, 6.07) is 8.09. The topological polar surface area (TPSA) is 50.1 Å². The summed E-state index contributed by atoms with van der Waals surface area (Å²) in [6.07, 6.45) is 5.59. The van der Waals surface area contributed by atoms with Gasteiger partial charge in [-0.2, -0.15) is 0 Å². The van der Waals surface area contributed by atoms with Gasteiger partial charge in [-0.05, 0) is 23.8 Å². The molecule has 6 nitrogen and oxygen atoms in total. The smallest absolute Gasteiger partial charge is 0.207 e. The number of hydrogen-bond donors (Lipinski definition) is 0. The molecule has 4 heterocycles. The molecule has 126 valence electrons. The highest BCUT2D eigenvalue weighted by molar-refractivity contribution is 5.74. The van der Waals surface area contributed by atoms with Crippen LogP contribution in [-0.4, -0.2) is 50.6 Å². The minimum atomic E-state index is 0. The number of pyridine rings is 2. The maximum Gasteiger partial charge on any atom is 0.207 e. The van der Waals surface area contributed by atoms with E-state index in [1.165, 1.54) is 5.56 Å². The second kappa shape index (κ2) is 6.97. The van der Waals surface area contributed by atoms with E-state index in [0.717, 1.165) is 49.8 Å². The molecule has 0 atom stereocenters. The Morgan fingerprint density at radius 2 is 1.83 bits per heavy atom. The van der Waals surface area contributed by atoms with Crippen LogP contribution in [0.5, 0.6) is 0 Å². The zero-order chi connectivity index (χ0) is 15.6. The minimum Gasteiger partial charge on any atom is -0.340 e. The molecule has 1 saturated heterocycles. The van der Waals surface area contributed by atoms with Gasteiger partial charge in [0.15, 0.2) is 5.65 Å². The first-order valence-corrected chi connectivity index (χ1v) is 7.95. The van der Waals surface area contributed by atoms with Crippen LogP contribution >= 0.6 is 0 Å². The highest BCUT2D eigenvalue weighted by Gasteiger charge is 2.21. The van der Waals surface area contributed by atoms with E-state index >= 15 is 0 Å². The molecule has 0 unspecified atom stereocenters. The molecule has 0 aromatic carbocycles. The number of aromatic nitrogens is 4. The number of piperazine rings is 1. The molecule has 6 heteroatoms. The van der Waals surface area contributed by atoms with Crippen molar-refractivity contribution in [2.75, 3.05) is 31.1 Å². The van der Waals surface area contributed by atoms with E-state index in [9.17, 15) is 0 Å². The summed E-state index contributed by atoms with van der Waals surface area (Å²) in [6.45, 7) is 5.00. The number of aryl methyl sites for hydroxylation is 1. The van der Waals surface area contributed by atoms with Crippen LogP contribution in [0.15, 0.2) is 42.9 Å². The van der Waals surface area contributed by atoms with Gasteiger partial charge in [0.05, 0.1) is 0 Å². The first-order chi connectivity index (χ1) is 11.3. The molecule has 0 aliphatic carbocycles. The van der Waals surface area contributed by atoms with E-state index in [1.807, 2.05) is 43.8 Å². The molecule has 0 N–H and O–H groups in total. The highest BCUT2D eigenvalue weighted by atomic mass is 15.4. The highest BCUT2D eigenvalue weighted by Crippen LogP contribution is 2.20. The van der Waals surface area contributed by atoms with Gasteiger partial charge in [0, 0.05) is 58.4 Å². The summed E-state index contributed by atoms with van der Waals surface area (Å²) in [5, 5.41) is 0. The molecular formula is C18H24N6. The summed E-state index contributed by atoms with van der Waals surface area (Å²) < 4.78 is 2.09. The SMILES string of the molecule is C.Cn1c(N2CCN(Cc3cccnc3)CC2)nc2cccnc21. The van der Waals surface area contributed by atoms with Gasteiger partial charge >= 0.3 is 0 Å². The van der Waals surface area contributed by atoms with Crippen molar-refractivity contribution >= 4 is 17.1 Å². The van der Waals surface area contributed by atoms with Crippen molar-refractivity contribution in [3.8, 4) is 0 Å². The maximum absolute atomic E-state index is 4.74. The Kier molecular flexibility index (Phi) is 4.76. The quantitative estimate of drug-likeness (QED) is 0.740. The normalized spacial score (nSPS) is 15.5. The van der Waals surface area contributed by atoms with E-state index < -0.39 is 0 Å². The number of fused-ring (bicyclic) bond motifs is 1. The molecule has 0 radical (unpaired) electrons. The molecule has 0 spiro atoms. The third kappa shape index (κ3) is 3.10. The zero-order valence-electron chi connectivity index (χ0n) is 13.3. The summed E-state index contributed by atoms with van der Waals surface area (Å²) >= 11 is 0. The van der Waals surface area contributed by atoms with Gasteiger partial charge in [0.2, 0.25) is 5.95 Å². The van der Waals surface area contributed by atoms with Crippen molar-refractivity contribution in [2.45, 2.75) is 14.0 Å². The predicted molar refractivity (Wildman–Crippen MR) is 97.0 cm³/mol. The van der Waals surface area contributed by atoms with Gasteiger partial charge < -0.3 is 4.90 Å². The molecule has 0 bridgehead atoms. The summed E-state index contributed by atoms with van der Waals surface area (Å²) in [5.74, 6) is 1.01. The first-order valence-electron chi connectivity index (χ1n) is 7.95. The fourth-order valence-electron chi connectivity index (χ4n) is 3.15. The summed E-state index contributed by atoms with van der Waals surface area (Å²) in [4.78, 5) is 18.2. The zero-order valence-corrected chi connectivity index (χ0v) is 13.3. The second-order valence-electron chi connectivity index (χ2n) is 5.94. The standard InChI is InChI=1S/C17H20N6.CH4/c1-21-16-15(5-3-7-19-16)20-17(21)23-10-8-22(9-11-23)13-14-4-2-6-18-12-14;/h2-7,12H,8-11,13H2,1H3;1H4. The second-order valence-corrected chi connectivity index (χ2v) is 5.94. The molecular weight excluding hydrogens is 300 g/mol. The lowest BCUT2D eigenvalue weighted by Gasteiger charge is -2.35. The first kappa shape index (κ1) is 16.4. The molecule has 1 fully saturated rings. The van der Waals surface area contributed by atoms with Crippen molar-refractivity contribution < 1.29 is 0 Å². The average molecular weight is 324 g/mol. The summed E-state index contributed by atoms with van der Waals surface area (Å²) in [7, 11) is 2.04. The fourth-order valence-corrected chi connectivity index (χ4v) is 3.15. The van der Waals surface area contributed by atoms with E-state index in [2.05, 4.69) is 30.4 Å². The molecule has 0 amide bonds. The monoisotopic (exact) mass is 324 g/mol. The maximum atomic E-state index is 4.74. The lowest BCUT2D eigenvalue weighted by atomic mass is 10.2. The third-order valence-corrected chi connectivity index (χ3v) is 4.39. The van der Waals surface area contributed by atoms with E-state index in [1.54, 1.807) is 0 Å². The Morgan fingerprint density at radius 3 is 2.54 bits per heavy atom. The number of rotatable bonds is 3. The third-order valence-electron chi connectivity index (χ3n) is 4.39. The van der Waals surface area contributed by atoms with Crippen molar-refractivity contribution in [1.29, 1.82) is 0 Å². The molecule has 4 rings (SSSR count). The number of nitrogens with zero attached hydrogens (tertiary/aromatic N) is 6. The van der Waals surface area contributed by atoms with Crippen LogP contribution in [0.25, 0.3) is 11.2 Å². The van der Waals surface area contributed by atoms with Crippen LogP contribution in [0.3, 0.4) is 0 Å². The van der Waals surface area contributed by atoms with Gasteiger partial charge in [-0.15, -0.1) is 0 Å². The Labute approximate surface area is 142 Å². The molecule has 0 saturated carbocycles. The summed E-state index contributed by atoms with van der Waals surface area (Å²) in [5.41, 5.74) is 3.18. The Hall–Kier alpha value is -2.47. The Bertz CT molecular complexity index is 790. The number of hydrogen-bond acceptors (Lipinski definition) is 5. The van der Waals surface area contributed by atoms with E-state index in [4.69, 9.17) is 4.98 Å². The van der Waals surface area contributed by atoms with Crippen LogP contribution in [-0.2, 0) is 13.6 Å². The number of imidazole rings is 1. The largest absolute Gasteiger partial charge is 0.340 e. The van der Waals surface area contributed by atoms with Crippen LogP contribution in [0, 0.1) is 0 Å². The van der Waals surface area contributed by atoms with Gasteiger partial charge in [0.25, 0.3) is 0 Å². The minimum absolute atomic E-state index is 0.